The van der Waals surface area contributed by atoms with Gasteiger partial charge < -0.3 is 10.2 Å². The van der Waals surface area contributed by atoms with Gasteiger partial charge in [-0.2, -0.15) is 5.10 Å². The molecule has 1 aliphatic heterocycles. The summed E-state index contributed by atoms with van der Waals surface area (Å²) >= 11 is 0. The standard InChI is InChI=1S/C15H19N5O/c1-16-14-10-11(5-7-17-14)12-4-3-9-20(12)15(21)13-6-8-18-19(13)2/h5-8,10,12H,3-4,9H2,1-2H3,(H,16,17)/t12-/m1/s1. The van der Waals surface area contributed by atoms with E-state index in [4.69, 9.17) is 0 Å². The van der Waals surface area contributed by atoms with Crippen LogP contribution in [0.25, 0.3) is 0 Å². The molecule has 0 bridgehead atoms. The summed E-state index contributed by atoms with van der Waals surface area (Å²) in [4.78, 5) is 18.9. The SMILES string of the molecule is CNc1cc([C@H]2CCCN2C(=O)c2ccnn2C)ccn1. The molecule has 0 radical (unpaired) electrons. The van der Waals surface area contributed by atoms with Crippen molar-refractivity contribution in [3.05, 3.63) is 41.9 Å². The Balaban J connectivity index is 1.88. The van der Waals surface area contributed by atoms with Crippen LogP contribution in [0.2, 0.25) is 0 Å². The van der Waals surface area contributed by atoms with Crippen LogP contribution >= 0.6 is 0 Å². The minimum Gasteiger partial charge on any atom is -0.373 e. The second-order valence-electron chi connectivity index (χ2n) is 5.22. The summed E-state index contributed by atoms with van der Waals surface area (Å²) < 4.78 is 1.63. The average molecular weight is 285 g/mol. The number of likely N-dealkylation sites (tertiary alicyclic amines) is 1. The fourth-order valence-electron chi connectivity index (χ4n) is 2.88. The van der Waals surface area contributed by atoms with Crippen LogP contribution in [-0.4, -0.2) is 39.2 Å². The van der Waals surface area contributed by atoms with Gasteiger partial charge in [0.15, 0.2) is 0 Å². The van der Waals surface area contributed by atoms with Gasteiger partial charge in [0.25, 0.3) is 5.91 Å². The first kappa shape index (κ1) is 13.6. The zero-order valence-electron chi connectivity index (χ0n) is 12.3. The summed E-state index contributed by atoms with van der Waals surface area (Å²) in [6.07, 6.45) is 5.44. The molecule has 1 aliphatic rings. The lowest BCUT2D eigenvalue weighted by molar-refractivity contribution is 0.0724. The summed E-state index contributed by atoms with van der Waals surface area (Å²) in [5, 5.41) is 7.13. The molecule has 0 aromatic carbocycles. The van der Waals surface area contributed by atoms with Crippen LogP contribution in [-0.2, 0) is 7.05 Å². The lowest BCUT2D eigenvalue weighted by Gasteiger charge is -2.25. The molecule has 6 heteroatoms. The molecule has 110 valence electrons. The molecule has 2 aromatic rings. The molecule has 1 atom stereocenters. The van der Waals surface area contributed by atoms with Gasteiger partial charge in [0.05, 0.1) is 6.04 Å². The first-order valence-electron chi connectivity index (χ1n) is 7.13. The number of rotatable bonds is 3. The summed E-state index contributed by atoms with van der Waals surface area (Å²) in [6.45, 7) is 0.784. The Morgan fingerprint density at radius 3 is 2.95 bits per heavy atom. The fourth-order valence-corrected chi connectivity index (χ4v) is 2.88. The van der Waals surface area contributed by atoms with Crippen molar-refractivity contribution >= 4 is 11.7 Å². The molecule has 1 fully saturated rings. The minimum atomic E-state index is 0.0420. The highest BCUT2D eigenvalue weighted by molar-refractivity contribution is 5.93. The number of hydrogen-bond donors (Lipinski definition) is 1. The van der Waals surface area contributed by atoms with Gasteiger partial charge in [-0.3, -0.25) is 9.48 Å². The number of carbonyl (C=O) groups is 1. The normalized spacial score (nSPS) is 18.0. The van der Waals surface area contributed by atoms with Gasteiger partial charge in [0.1, 0.15) is 11.5 Å². The molecule has 0 spiro atoms. The Bertz CT molecular complexity index is 651. The molecule has 1 saturated heterocycles. The summed E-state index contributed by atoms with van der Waals surface area (Å²) in [6, 6.07) is 5.88. The third kappa shape index (κ3) is 2.49. The van der Waals surface area contributed by atoms with E-state index in [-0.39, 0.29) is 11.9 Å². The predicted octanol–water partition coefficient (Wildman–Crippen LogP) is 1.83. The topological polar surface area (TPSA) is 63.1 Å². The smallest absolute Gasteiger partial charge is 0.272 e. The predicted molar refractivity (Wildman–Crippen MR) is 80.0 cm³/mol. The van der Waals surface area contributed by atoms with Crippen molar-refractivity contribution in [2.45, 2.75) is 18.9 Å². The lowest BCUT2D eigenvalue weighted by Crippen LogP contribution is -2.32. The molecule has 21 heavy (non-hydrogen) atoms. The van der Waals surface area contributed by atoms with Crippen molar-refractivity contribution < 1.29 is 4.79 Å². The van der Waals surface area contributed by atoms with E-state index in [1.807, 2.05) is 24.1 Å². The highest BCUT2D eigenvalue weighted by Crippen LogP contribution is 2.33. The van der Waals surface area contributed by atoms with Gasteiger partial charge in [0, 0.05) is 33.0 Å². The van der Waals surface area contributed by atoms with Crippen LogP contribution in [0, 0.1) is 0 Å². The van der Waals surface area contributed by atoms with Crippen LogP contribution < -0.4 is 5.32 Å². The van der Waals surface area contributed by atoms with Crippen LogP contribution in [0.15, 0.2) is 30.6 Å². The van der Waals surface area contributed by atoms with Crippen molar-refractivity contribution in [2.75, 3.05) is 18.9 Å². The number of pyridine rings is 1. The van der Waals surface area contributed by atoms with Crippen molar-refractivity contribution in [3.63, 3.8) is 0 Å². The van der Waals surface area contributed by atoms with Crippen LogP contribution in [0.4, 0.5) is 5.82 Å². The quantitative estimate of drug-likeness (QED) is 0.934. The largest absolute Gasteiger partial charge is 0.373 e. The third-order valence-corrected chi connectivity index (χ3v) is 3.98. The first-order chi connectivity index (χ1) is 10.2. The van der Waals surface area contributed by atoms with E-state index in [1.54, 1.807) is 30.2 Å². The highest BCUT2D eigenvalue weighted by Gasteiger charge is 2.31. The van der Waals surface area contributed by atoms with Crippen LogP contribution in [0.1, 0.15) is 34.9 Å². The molecule has 3 heterocycles. The van der Waals surface area contributed by atoms with E-state index >= 15 is 0 Å². The molecular weight excluding hydrogens is 266 g/mol. The molecular formula is C15H19N5O. The molecule has 2 aromatic heterocycles. The Kier molecular flexibility index (Phi) is 3.60. The Morgan fingerprint density at radius 2 is 2.24 bits per heavy atom. The fraction of sp³-hybridized carbons (Fsp3) is 0.400. The number of nitrogens with zero attached hydrogens (tertiary/aromatic N) is 4. The number of anilines is 1. The molecule has 3 rings (SSSR count). The number of aryl methyl sites for hydroxylation is 1. The van der Waals surface area contributed by atoms with E-state index in [0.29, 0.717) is 5.69 Å². The van der Waals surface area contributed by atoms with Gasteiger partial charge in [0.2, 0.25) is 0 Å². The van der Waals surface area contributed by atoms with E-state index in [9.17, 15) is 4.79 Å². The van der Waals surface area contributed by atoms with Gasteiger partial charge >= 0.3 is 0 Å². The van der Waals surface area contributed by atoms with Gasteiger partial charge in [-0.1, -0.05) is 0 Å². The Hall–Kier alpha value is -2.37. The highest BCUT2D eigenvalue weighted by atomic mass is 16.2. The summed E-state index contributed by atoms with van der Waals surface area (Å²) in [7, 11) is 3.64. The van der Waals surface area contributed by atoms with E-state index in [1.165, 1.54) is 0 Å². The number of aromatic nitrogens is 3. The van der Waals surface area contributed by atoms with Crippen molar-refractivity contribution in [3.8, 4) is 0 Å². The van der Waals surface area contributed by atoms with E-state index in [2.05, 4.69) is 15.4 Å². The Morgan fingerprint density at radius 1 is 1.38 bits per heavy atom. The van der Waals surface area contributed by atoms with E-state index < -0.39 is 0 Å². The maximum absolute atomic E-state index is 12.7. The number of carbonyl (C=O) groups excluding carboxylic acids is 1. The minimum absolute atomic E-state index is 0.0420. The van der Waals surface area contributed by atoms with Gasteiger partial charge in [-0.25, -0.2) is 4.98 Å². The van der Waals surface area contributed by atoms with Crippen molar-refractivity contribution in [1.82, 2.24) is 19.7 Å². The summed E-state index contributed by atoms with van der Waals surface area (Å²) in [5.74, 6) is 0.868. The van der Waals surface area contributed by atoms with Crippen LogP contribution in [0.3, 0.4) is 0 Å². The lowest BCUT2D eigenvalue weighted by atomic mass is 10.1. The number of amides is 1. The summed E-state index contributed by atoms with van der Waals surface area (Å²) in [5.41, 5.74) is 1.76. The molecule has 0 unspecified atom stereocenters. The second-order valence-corrected chi connectivity index (χ2v) is 5.22. The molecule has 0 saturated carbocycles. The van der Waals surface area contributed by atoms with Crippen molar-refractivity contribution in [1.29, 1.82) is 0 Å². The third-order valence-electron chi connectivity index (χ3n) is 3.98. The average Bonchev–Trinajstić information content (AvgIpc) is 3.15. The molecule has 1 amide bonds. The number of hydrogen-bond acceptors (Lipinski definition) is 4. The first-order valence-corrected chi connectivity index (χ1v) is 7.13. The molecule has 0 aliphatic carbocycles. The zero-order valence-corrected chi connectivity index (χ0v) is 12.3. The Labute approximate surface area is 123 Å². The van der Waals surface area contributed by atoms with Gasteiger partial charge in [-0.15, -0.1) is 0 Å². The maximum Gasteiger partial charge on any atom is 0.272 e. The van der Waals surface area contributed by atoms with Crippen molar-refractivity contribution in [2.24, 2.45) is 7.05 Å². The second kappa shape index (κ2) is 5.55. The zero-order chi connectivity index (χ0) is 14.8. The van der Waals surface area contributed by atoms with Crippen LogP contribution in [0.5, 0.6) is 0 Å². The molecule has 1 N–H and O–H groups in total. The van der Waals surface area contributed by atoms with Gasteiger partial charge in [-0.05, 0) is 36.6 Å². The van der Waals surface area contributed by atoms with E-state index in [0.717, 1.165) is 30.8 Å². The number of nitrogens with one attached hydrogen (secondary N) is 1. The monoisotopic (exact) mass is 285 g/mol. The maximum atomic E-state index is 12.7. The molecule has 6 nitrogen and oxygen atoms in total.